The zero-order valence-corrected chi connectivity index (χ0v) is 15.3. The van der Waals surface area contributed by atoms with Crippen molar-refractivity contribution in [2.75, 3.05) is 25.0 Å². The Hall–Kier alpha value is -2.41. The summed E-state index contributed by atoms with van der Waals surface area (Å²) in [6.07, 6.45) is 2.29. The van der Waals surface area contributed by atoms with Gasteiger partial charge in [-0.05, 0) is 63.8 Å². The van der Waals surface area contributed by atoms with Crippen molar-refractivity contribution in [2.24, 2.45) is 0 Å². The van der Waals surface area contributed by atoms with Crippen molar-refractivity contribution in [1.82, 2.24) is 4.90 Å². The van der Waals surface area contributed by atoms with Crippen molar-refractivity contribution in [3.8, 4) is 0 Å². The molecule has 0 radical (unpaired) electrons. The van der Waals surface area contributed by atoms with E-state index in [0.717, 1.165) is 12.8 Å². The van der Waals surface area contributed by atoms with Crippen LogP contribution in [0.2, 0.25) is 0 Å². The van der Waals surface area contributed by atoms with Crippen LogP contribution in [0.1, 0.15) is 49.9 Å². The molecule has 1 aliphatic carbocycles. The summed E-state index contributed by atoms with van der Waals surface area (Å²) in [5, 5.41) is 12.7. The standard InChI is InChI=1S/C19H26N2O5/c1-3-21(4-2)17(23)14-7-9-15(10-8-14)20-16(22)13-26-18(24)19(25)11-5-6-12-19/h7-10,25H,3-6,11-13H2,1-2H3,(H,20,22). The predicted molar refractivity (Wildman–Crippen MR) is 96.7 cm³/mol. The Morgan fingerprint density at radius 3 is 2.23 bits per heavy atom. The number of nitrogens with one attached hydrogen (secondary N) is 1. The molecule has 2 amide bonds. The van der Waals surface area contributed by atoms with Crippen molar-refractivity contribution >= 4 is 23.5 Å². The molecule has 1 aliphatic rings. The van der Waals surface area contributed by atoms with E-state index in [-0.39, 0.29) is 5.91 Å². The van der Waals surface area contributed by atoms with Crippen LogP contribution in [-0.4, -0.2) is 53.1 Å². The number of carbonyl (C=O) groups is 3. The lowest BCUT2D eigenvalue weighted by atomic mass is 10.0. The van der Waals surface area contributed by atoms with Gasteiger partial charge in [0.15, 0.2) is 12.2 Å². The zero-order valence-electron chi connectivity index (χ0n) is 15.3. The van der Waals surface area contributed by atoms with E-state index in [2.05, 4.69) is 5.32 Å². The normalized spacial score (nSPS) is 15.3. The number of esters is 1. The van der Waals surface area contributed by atoms with E-state index < -0.39 is 24.1 Å². The van der Waals surface area contributed by atoms with Crippen LogP contribution >= 0.6 is 0 Å². The van der Waals surface area contributed by atoms with E-state index >= 15 is 0 Å². The van der Waals surface area contributed by atoms with Gasteiger partial charge in [-0.1, -0.05) is 0 Å². The van der Waals surface area contributed by atoms with Crippen LogP contribution in [0, 0.1) is 0 Å². The molecule has 26 heavy (non-hydrogen) atoms. The lowest BCUT2D eigenvalue weighted by Gasteiger charge is -2.19. The van der Waals surface area contributed by atoms with Gasteiger partial charge in [-0.25, -0.2) is 4.79 Å². The van der Waals surface area contributed by atoms with Gasteiger partial charge in [-0.2, -0.15) is 0 Å². The molecule has 0 aliphatic heterocycles. The van der Waals surface area contributed by atoms with Crippen LogP contribution in [-0.2, 0) is 14.3 Å². The Kier molecular flexibility index (Phi) is 6.74. The van der Waals surface area contributed by atoms with E-state index in [4.69, 9.17) is 4.74 Å². The molecule has 7 nitrogen and oxygen atoms in total. The van der Waals surface area contributed by atoms with Gasteiger partial charge in [0.2, 0.25) is 0 Å². The minimum Gasteiger partial charge on any atom is -0.453 e. The number of hydrogen-bond donors (Lipinski definition) is 2. The summed E-state index contributed by atoms with van der Waals surface area (Å²) in [7, 11) is 0. The Morgan fingerprint density at radius 1 is 1.12 bits per heavy atom. The third-order valence-corrected chi connectivity index (χ3v) is 4.61. The molecule has 1 aromatic carbocycles. The molecule has 0 heterocycles. The van der Waals surface area contributed by atoms with Crippen molar-refractivity contribution in [3.05, 3.63) is 29.8 Å². The molecule has 1 aromatic rings. The van der Waals surface area contributed by atoms with Crippen LogP contribution in [0.15, 0.2) is 24.3 Å². The Balaban J connectivity index is 1.85. The Labute approximate surface area is 153 Å². The van der Waals surface area contributed by atoms with Gasteiger partial charge in [0.25, 0.3) is 11.8 Å². The first-order chi connectivity index (χ1) is 12.4. The third kappa shape index (κ3) is 4.82. The smallest absolute Gasteiger partial charge is 0.338 e. The highest BCUT2D eigenvalue weighted by atomic mass is 16.6. The van der Waals surface area contributed by atoms with Crippen molar-refractivity contribution in [1.29, 1.82) is 0 Å². The van der Waals surface area contributed by atoms with E-state index in [9.17, 15) is 19.5 Å². The number of amides is 2. The quantitative estimate of drug-likeness (QED) is 0.723. The number of nitrogens with zero attached hydrogens (tertiary/aromatic N) is 1. The maximum atomic E-state index is 12.2. The van der Waals surface area contributed by atoms with Gasteiger partial charge in [0.1, 0.15) is 0 Å². The minimum absolute atomic E-state index is 0.0633. The van der Waals surface area contributed by atoms with E-state index in [0.29, 0.717) is 37.2 Å². The molecule has 0 unspecified atom stereocenters. The van der Waals surface area contributed by atoms with Gasteiger partial charge in [-0.15, -0.1) is 0 Å². The second-order valence-electron chi connectivity index (χ2n) is 6.42. The van der Waals surface area contributed by atoms with Crippen molar-refractivity contribution in [3.63, 3.8) is 0 Å². The Morgan fingerprint density at radius 2 is 1.69 bits per heavy atom. The first kappa shape index (κ1) is 19.9. The highest BCUT2D eigenvalue weighted by molar-refractivity contribution is 5.96. The van der Waals surface area contributed by atoms with Crippen LogP contribution in [0.3, 0.4) is 0 Å². The Bertz CT molecular complexity index is 646. The van der Waals surface area contributed by atoms with Crippen molar-refractivity contribution < 1.29 is 24.2 Å². The van der Waals surface area contributed by atoms with Gasteiger partial charge in [0, 0.05) is 24.3 Å². The number of rotatable bonds is 7. The fraction of sp³-hybridized carbons (Fsp3) is 0.526. The fourth-order valence-electron chi connectivity index (χ4n) is 3.02. The molecule has 0 spiro atoms. The van der Waals surface area contributed by atoms with Gasteiger partial charge in [0.05, 0.1) is 0 Å². The van der Waals surface area contributed by atoms with Gasteiger partial charge < -0.3 is 20.1 Å². The lowest BCUT2D eigenvalue weighted by molar-refractivity contribution is -0.166. The second kappa shape index (κ2) is 8.80. The SMILES string of the molecule is CCN(CC)C(=O)c1ccc(NC(=O)COC(=O)C2(O)CCCC2)cc1. The summed E-state index contributed by atoms with van der Waals surface area (Å²) in [6.45, 7) is 4.64. The first-order valence-corrected chi connectivity index (χ1v) is 8.98. The molecule has 0 aromatic heterocycles. The molecule has 142 valence electrons. The summed E-state index contributed by atoms with van der Waals surface area (Å²) in [5.74, 6) is -1.31. The van der Waals surface area contributed by atoms with Crippen LogP contribution in [0.25, 0.3) is 0 Å². The van der Waals surface area contributed by atoms with Crippen LogP contribution in [0.4, 0.5) is 5.69 Å². The average molecular weight is 362 g/mol. The highest BCUT2D eigenvalue weighted by Crippen LogP contribution is 2.30. The van der Waals surface area contributed by atoms with Gasteiger partial charge >= 0.3 is 5.97 Å². The predicted octanol–water partition coefficient (Wildman–Crippen LogP) is 1.96. The summed E-state index contributed by atoms with van der Waals surface area (Å²) >= 11 is 0. The number of aliphatic hydroxyl groups is 1. The molecule has 0 atom stereocenters. The van der Waals surface area contributed by atoms with Gasteiger partial charge in [-0.3, -0.25) is 9.59 Å². The average Bonchev–Trinajstić information content (AvgIpc) is 3.09. The van der Waals surface area contributed by atoms with Crippen LogP contribution < -0.4 is 5.32 Å². The first-order valence-electron chi connectivity index (χ1n) is 8.98. The third-order valence-electron chi connectivity index (χ3n) is 4.61. The van der Waals surface area contributed by atoms with E-state index in [1.165, 1.54) is 0 Å². The topological polar surface area (TPSA) is 95.9 Å². The molecule has 7 heteroatoms. The number of anilines is 1. The molecule has 2 rings (SSSR count). The fourth-order valence-corrected chi connectivity index (χ4v) is 3.02. The van der Waals surface area contributed by atoms with Crippen molar-refractivity contribution in [2.45, 2.75) is 45.1 Å². The maximum absolute atomic E-state index is 12.2. The largest absolute Gasteiger partial charge is 0.453 e. The second-order valence-corrected chi connectivity index (χ2v) is 6.42. The van der Waals surface area contributed by atoms with E-state index in [1.54, 1.807) is 29.2 Å². The number of benzene rings is 1. The zero-order chi connectivity index (χ0) is 19.2. The lowest BCUT2D eigenvalue weighted by Crippen LogP contribution is -2.38. The molecule has 0 saturated heterocycles. The highest BCUT2D eigenvalue weighted by Gasteiger charge is 2.40. The molecule has 1 fully saturated rings. The number of carbonyl (C=O) groups excluding carboxylic acids is 3. The minimum atomic E-state index is -1.45. The summed E-state index contributed by atoms with van der Waals surface area (Å²) in [4.78, 5) is 37.7. The maximum Gasteiger partial charge on any atom is 0.338 e. The van der Waals surface area contributed by atoms with Crippen LogP contribution in [0.5, 0.6) is 0 Å². The molecule has 0 bridgehead atoms. The molecular formula is C19H26N2O5. The number of ether oxygens (including phenoxy) is 1. The van der Waals surface area contributed by atoms with E-state index in [1.807, 2.05) is 13.8 Å². The summed E-state index contributed by atoms with van der Waals surface area (Å²) < 4.78 is 4.92. The molecule has 1 saturated carbocycles. The monoisotopic (exact) mass is 362 g/mol. The number of hydrogen-bond acceptors (Lipinski definition) is 5. The summed E-state index contributed by atoms with van der Waals surface area (Å²) in [5.41, 5.74) is -0.407. The molecule has 2 N–H and O–H groups in total. The summed E-state index contributed by atoms with van der Waals surface area (Å²) in [6, 6.07) is 6.54. The molecular weight excluding hydrogens is 336 g/mol.